The van der Waals surface area contributed by atoms with Crippen molar-refractivity contribution in [3.8, 4) is 11.5 Å². The predicted molar refractivity (Wildman–Crippen MR) is 121 cm³/mol. The highest BCUT2D eigenvalue weighted by Gasteiger charge is 2.16. The second-order valence-corrected chi connectivity index (χ2v) is 7.96. The van der Waals surface area contributed by atoms with Crippen molar-refractivity contribution >= 4 is 35.4 Å². The maximum atomic E-state index is 11.8. The van der Waals surface area contributed by atoms with Crippen LogP contribution in [0.5, 0.6) is 11.5 Å². The molecule has 31 heavy (non-hydrogen) atoms. The number of carboxylic acid groups (broad SMARTS) is 1. The molecule has 1 aromatic heterocycles. The highest BCUT2D eigenvalue weighted by Crippen LogP contribution is 2.38. The van der Waals surface area contributed by atoms with Gasteiger partial charge in [-0.2, -0.15) is 0 Å². The fraction of sp³-hybridized carbons (Fsp3) is 0.227. The van der Waals surface area contributed by atoms with Gasteiger partial charge in [-0.3, -0.25) is 5.10 Å². The number of carbonyl (C=O) groups is 1. The summed E-state index contributed by atoms with van der Waals surface area (Å²) < 4.78 is 11.3. The zero-order valence-corrected chi connectivity index (χ0v) is 18.7. The van der Waals surface area contributed by atoms with Crippen LogP contribution in [0.25, 0.3) is 6.08 Å². The third-order valence-corrected chi connectivity index (χ3v) is 5.34. The van der Waals surface area contributed by atoms with Gasteiger partial charge >= 0.3 is 5.97 Å². The second kappa shape index (κ2) is 10.9. The molecule has 0 aliphatic carbocycles. The summed E-state index contributed by atoms with van der Waals surface area (Å²) in [6.07, 6.45) is 3.16. The zero-order valence-electron chi connectivity index (χ0n) is 17.1. The third-order valence-electron chi connectivity index (χ3n) is 4.19. The second-order valence-electron chi connectivity index (χ2n) is 6.54. The first-order valence-electron chi connectivity index (χ1n) is 9.58. The highest BCUT2D eigenvalue weighted by molar-refractivity contribution is 8.04. The molecule has 0 aliphatic rings. The van der Waals surface area contributed by atoms with Gasteiger partial charge in [-0.1, -0.05) is 48.9 Å². The van der Waals surface area contributed by atoms with E-state index >= 15 is 0 Å². The van der Waals surface area contributed by atoms with Crippen molar-refractivity contribution in [3.05, 3.63) is 69.3 Å². The molecule has 162 valence electrons. The molecule has 7 nitrogen and oxygen atoms in total. The van der Waals surface area contributed by atoms with E-state index in [9.17, 15) is 9.90 Å². The molecule has 0 amide bonds. The van der Waals surface area contributed by atoms with Crippen LogP contribution in [-0.4, -0.2) is 33.4 Å². The smallest absolute Gasteiger partial charge is 0.342 e. The Kier molecular flexibility index (Phi) is 7.97. The van der Waals surface area contributed by atoms with E-state index in [2.05, 4.69) is 15.2 Å². The number of aromatic amines is 1. The lowest BCUT2D eigenvalue weighted by Crippen LogP contribution is -2.00. The molecule has 0 saturated heterocycles. The lowest BCUT2D eigenvalue weighted by molar-refractivity contribution is -0.131. The number of rotatable bonds is 10. The van der Waals surface area contributed by atoms with Crippen LogP contribution in [0, 0.1) is 0 Å². The van der Waals surface area contributed by atoms with Crippen LogP contribution in [0.1, 0.15) is 30.3 Å². The van der Waals surface area contributed by atoms with Gasteiger partial charge in [0.15, 0.2) is 11.5 Å². The number of aliphatic carboxylic acids is 1. The Morgan fingerprint density at radius 2 is 2.06 bits per heavy atom. The number of nitrogens with one attached hydrogen (secondary N) is 1. The molecule has 0 saturated carbocycles. The molecule has 0 aliphatic heterocycles. The fourth-order valence-corrected chi connectivity index (χ4v) is 3.75. The number of hydrogen-bond donors (Lipinski definition) is 2. The molecule has 3 aromatic rings. The zero-order chi connectivity index (χ0) is 22.2. The first-order valence-corrected chi connectivity index (χ1v) is 10.8. The molecule has 0 spiro atoms. The molecule has 9 heteroatoms. The molecular formula is C22H22ClN3O4S. The van der Waals surface area contributed by atoms with Crippen molar-refractivity contribution in [1.82, 2.24) is 15.2 Å². The van der Waals surface area contributed by atoms with E-state index in [1.807, 2.05) is 37.3 Å². The highest BCUT2D eigenvalue weighted by atomic mass is 35.5. The van der Waals surface area contributed by atoms with Crippen LogP contribution < -0.4 is 9.47 Å². The SMILES string of the molecule is CCCc1nc(S/C(=C\c2cc(Cl)c(OCc3ccccc3)c(OC)c2)C(=O)O)n[nH]1. The van der Waals surface area contributed by atoms with Crippen molar-refractivity contribution in [2.75, 3.05) is 7.11 Å². The van der Waals surface area contributed by atoms with Crippen molar-refractivity contribution in [2.45, 2.75) is 31.5 Å². The number of halogens is 1. The number of aryl methyl sites for hydroxylation is 1. The van der Waals surface area contributed by atoms with Crippen molar-refractivity contribution < 1.29 is 19.4 Å². The van der Waals surface area contributed by atoms with Crippen molar-refractivity contribution in [3.63, 3.8) is 0 Å². The third kappa shape index (κ3) is 6.26. The lowest BCUT2D eigenvalue weighted by Gasteiger charge is -2.13. The van der Waals surface area contributed by atoms with Gasteiger partial charge in [0.05, 0.1) is 12.1 Å². The number of benzene rings is 2. The number of carboxylic acids is 1. The number of H-pyrrole nitrogens is 1. The summed E-state index contributed by atoms with van der Waals surface area (Å²) in [5.74, 6) is 0.436. The monoisotopic (exact) mass is 459 g/mol. The minimum atomic E-state index is -1.09. The molecule has 0 unspecified atom stereocenters. The molecular weight excluding hydrogens is 438 g/mol. The summed E-state index contributed by atoms with van der Waals surface area (Å²) >= 11 is 7.39. The maximum absolute atomic E-state index is 11.8. The average Bonchev–Trinajstić information content (AvgIpc) is 3.20. The normalized spacial score (nSPS) is 11.4. The van der Waals surface area contributed by atoms with Gasteiger partial charge in [0.1, 0.15) is 17.3 Å². The van der Waals surface area contributed by atoms with E-state index in [4.69, 9.17) is 21.1 Å². The summed E-state index contributed by atoms with van der Waals surface area (Å²) in [5, 5.41) is 17.2. The Morgan fingerprint density at radius 3 is 2.74 bits per heavy atom. The van der Waals surface area contributed by atoms with Gasteiger partial charge in [-0.15, -0.1) is 5.10 Å². The Labute approximate surface area is 189 Å². The Bertz CT molecular complexity index is 1070. The number of hydrogen-bond acceptors (Lipinski definition) is 6. The van der Waals surface area contributed by atoms with Gasteiger partial charge < -0.3 is 14.6 Å². The number of thioether (sulfide) groups is 1. The average molecular weight is 460 g/mol. The van der Waals surface area contributed by atoms with Crippen LogP contribution in [0.4, 0.5) is 0 Å². The summed E-state index contributed by atoms with van der Waals surface area (Å²) in [6.45, 7) is 2.36. The van der Waals surface area contributed by atoms with Crippen LogP contribution >= 0.6 is 23.4 Å². The lowest BCUT2D eigenvalue weighted by atomic mass is 10.2. The summed E-state index contributed by atoms with van der Waals surface area (Å²) in [5.41, 5.74) is 1.55. The van der Waals surface area contributed by atoms with E-state index in [0.717, 1.165) is 36.0 Å². The molecule has 0 fully saturated rings. The molecule has 0 bridgehead atoms. The maximum Gasteiger partial charge on any atom is 0.342 e. The van der Waals surface area contributed by atoms with E-state index in [1.54, 1.807) is 12.1 Å². The summed E-state index contributed by atoms with van der Waals surface area (Å²) in [6, 6.07) is 13.0. The fourth-order valence-electron chi connectivity index (χ4n) is 2.75. The molecule has 0 atom stereocenters. The van der Waals surface area contributed by atoms with Gasteiger partial charge in [0.2, 0.25) is 5.16 Å². The molecule has 1 heterocycles. The minimum absolute atomic E-state index is 0.0538. The standard InChI is InChI=1S/C22H22ClN3O4S/c1-3-7-19-24-22(26-25-19)31-18(21(27)28)12-15-10-16(23)20(17(11-15)29-2)30-13-14-8-5-4-6-9-14/h4-6,8-12H,3,7,13H2,1-2H3,(H,27,28)(H,24,25,26)/b18-12-. The minimum Gasteiger partial charge on any atom is -0.493 e. The first kappa shape index (κ1) is 22.7. The Hall–Kier alpha value is -2.97. The quantitative estimate of drug-likeness (QED) is 0.317. The first-order chi connectivity index (χ1) is 15.0. The van der Waals surface area contributed by atoms with E-state index in [0.29, 0.717) is 33.8 Å². The predicted octanol–water partition coefficient (Wildman–Crippen LogP) is 5.22. The summed E-state index contributed by atoms with van der Waals surface area (Å²) in [4.78, 5) is 16.1. The van der Waals surface area contributed by atoms with Crippen molar-refractivity contribution in [2.24, 2.45) is 0 Å². The van der Waals surface area contributed by atoms with E-state index in [1.165, 1.54) is 13.2 Å². The molecule has 0 radical (unpaired) electrons. The molecule has 3 rings (SSSR count). The number of aromatic nitrogens is 3. The summed E-state index contributed by atoms with van der Waals surface area (Å²) in [7, 11) is 1.50. The topological polar surface area (TPSA) is 97.3 Å². The largest absolute Gasteiger partial charge is 0.493 e. The number of nitrogens with zero attached hydrogens (tertiary/aromatic N) is 2. The van der Waals surface area contributed by atoms with E-state index in [-0.39, 0.29) is 4.91 Å². The van der Waals surface area contributed by atoms with Gasteiger partial charge in [-0.05, 0) is 47.5 Å². The van der Waals surface area contributed by atoms with E-state index < -0.39 is 5.97 Å². The van der Waals surface area contributed by atoms with Crippen molar-refractivity contribution in [1.29, 1.82) is 0 Å². The number of ether oxygens (including phenoxy) is 2. The Morgan fingerprint density at radius 1 is 1.29 bits per heavy atom. The Balaban J connectivity index is 1.83. The van der Waals surface area contributed by atoms with Crippen LogP contribution in [0.2, 0.25) is 5.02 Å². The van der Waals surface area contributed by atoms with Crippen LogP contribution in [0.3, 0.4) is 0 Å². The van der Waals surface area contributed by atoms with Gasteiger partial charge in [0.25, 0.3) is 0 Å². The molecule has 2 N–H and O–H groups in total. The van der Waals surface area contributed by atoms with Crippen LogP contribution in [-0.2, 0) is 17.8 Å². The van der Waals surface area contributed by atoms with Gasteiger partial charge in [-0.25, -0.2) is 9.78 Å². The number of methoxy groups -OCH3 is 1. The van der Waals surface area contributed by atoms with Gasteiger partial charge in [0, 0.05) is 6.42 Å². The van der Waals surface area contributed by atoms with Crippen LogP contribution in [0.15, 0.2) is 52.5 Å². The molecule has 2 aromatic carbocycles.